The minimum Gasteiger partial charge on any atom is -0.338 e. The molecule has 4 rings (SSSR count). The summed E-state index contributed by atoms with van der Waals surface area (Å²) in [6.07, 6.45) is 0. The van der Waals surface area contributed by atoms with Crippen LogP contribution in [0.4, 0.5) is 0 Å². The first-order valence-electron chi connectivity index (χ1n) is 9.12. The number of aromatic nitrogens is 4. The van der Waals surface area contributed by atoms with Gasteiger partial charge in [-0.2, -0.15) is 4.98 Å². The van der Waals surface area contributed by atoms with E-state index in [1.54, 1.807) is 12.1 Å². The van der Waals surface area contributed by atoms with Gasteiger partial charge >= 0.3 is 5.69 Å². The van der Waals surface area contributed by atoms with E-state index in [9.17, 15) is 9.59 Å². The second-order valence-corrected chi connectivity index (χ2v) is 7.94. The summed E-state index contributed by atoms with van der Waals surface area (Å²) in [5.74, 6) is 1.84. The molecule has 0 bridgehead atoms. The first kappa shape index (κ1) is 20.2. The van der Waals surface area contributed by atoms with E-state index in [-0.39, 0.29) is 12.1 Å². The monoisotopic (exact) mass is 440 g/mol. The lowest BCUT2D eigenvalue weighted by Gasteiger charge is -2.06. The first-order chi connectivity index (χ1) is 14.6. The average molecular weight is 441 g/mol. The second-order valence-electron chi connectivity index (χ2n) is 6.52. The van der Waals surface area contributed by atoms with Crippen LogP contribution in [-0.4, -0.2) is 19.7 Å². The van der Waals surface area contributed by atoms with Gasteiger partial charge in [-0.05, 0) is 29.8 Å². The van der Waals surface area contributed by atoms with E-state index in [2.05, 4.69) is 15.1 Å². The van der Waals surface area contributed by atoms with Crippen LogP contribution in [0.1, 0.15) is 17.1 Å². The van der Waals surface area contributed by atoms with Crippen molar-refractivity contribution in [2.45, 2.75) is 18.1 Å². The number of thioether (sulfide) groups is 1. The van der Waals surface area contributed by atoms with Crippen molar-refractivity contribution in [2.24, 2.45) is 0 Å². The van der Waals surface area contributed by atoms with Crippen LogP contribution in [0.5, 0.6) is 0 Å². The van der Waals surface area contributed by atoms with Gasteiger partial charge in [0.15, 0.2) is 0 Å². The van der Waals surface area contributed by atoms with Gasteiger partial charge in [-0.15, -0.1) is 11.8 Å². The highest BCUT2D eigenvalue weighted by molar-refractivity contribution is 7.97. The molecule has 4 aromatic rings. The van der Waals surface area contributed by atoms with E-state index in [1.165, 1.54) is 22.4 Å². The molecule has 0 unspecified atom stereocenters. The third-order valence-electron chi connectivity index (χ3n) is 4.31. The Morgan fingerprint density at radius 1 is 1.03 bits per heavy atom. The zero-order valence-electron chi connectivity index (χ0n) is 15.7. The van der Waals surface area contributed by atoms with Gasteiger partial charge < -0.3 is 9.51 Å². The normalized spacial score (nSPS) is 11.0. The van der Waals surface area contributed by atoms with Crippen LogP contribution < -0.4 is 11.2 Å². The van der Waals surface area contributed by atoms with Crippen LogP contribution in [0.15, 0.2) is 74.8 Å². The number of halogens is 1. The summed E-state index contributed by atoms with van der Waals surface area (Å²) in [5.41, 5.74) is 1.49. The predicted octanol–water partition coefficient (Wildman–Crippen LogP) is 3.72. The number of rotatable bonds is 7. The van der Waals surface area contributed by atoms with Crippen LogP contribution in [0, 0.1) is 0 Å². The van der Waals surface area contributed by atoms with Gasteiger partial charge in [0.2, 0.25) is 11.7 Å². The molecule has 0 fully saturated rings. The van der Waals surface area contributed by atoms with Gasteiger partial charge in [-0.3, -0.25) is 9.36 Å². The van der Waals surface area contributed by atoms with Crippen LogP contribution in [0.25, 0.3) is 11.4 Å². The highest BCUT2D eigenvalue weighted by Crippen LogP contribution is 2.21. The summed E-state index contributed by atoms with van der Waals surface area (Å²) in [7, 11) is 0. The molecular formula is C21H17ClN4O3S. The SMILES string of the molecule is O=c1cc(CSCc2nc(-c3ccc(Cl)cc3)no2)[nH]c(=O)n1Cc1ccccc1. The van der Waals surface area contributed by atoms with E-state index in [0.29, 0.717) is 33.9 Å². The Labute approximate surface area is 180 Å². The summed E-state index contributed by atoms with van der Waals surface area (Å²) < 4.78 is 6.45. The molecule has 2 heterocycles. The molecule has 0 aliphatic carbocycles. The molecule has 0 atom stereocenters. The lowest BCUT2D eigenvalue weighted by atomic mass is 10.2. The van der Waals surface area contributed by atoms with Crippen LogP contribution in [0.2, 0.25) is 5.02 Å². The first-order valence-corrected chi connectivity index (χ1v) is 10.6. The molecule has 2 aromatic heterocycles. The van der Waals surface area contributed by atoms with Crippen molar-refractivity contribution in [3.63, 3.8) is 0 Å². The van der Waals surface area contributed by atoms with E-state index in [1.807, 2.05) is 42.5 Å². The van der Waals surface area contributed by atoms with Crippen LogP contribution >= 0.6 is 23.4 Å². The lowest BCUT2D eigenvalue weighted by Crippen LogP contribution is -2.35. The molecule has 0 radical (unpaired) electrons. The molecule has 7 nitrogen and oxygen atoms in total. The van der Waals surface area contributed by atoms with Crippen molar-refractivity contribution in [1.82, 2.24) is 19.7 Å². The Balaban J connectivity index is 1.38. The number of hydrogen-bond donors (Lipinski definition) is 1. The van der Waals surface area contributed by atoms with Crippen molar-refractivity contribution in [1.29, 1.82) is 0 Å². The summed E-state index contributed by atoms with van der Waals surface area (Å²) in [5, 5.41) is 4.60. The standard InChI is InChI=1S/C21H17ClN4O3S/c22-16-8-6-15(7-9-16)20-24-18(29-25-20)13-30-12-17-10-19(27)26(21(28)23-17)11-14-4-2-1-3-5-14/h1-10H,11-13H2,(H,23,28). The molecule has 0 spiro atoms. The molecule has 0 aliphatic heterocycles. The van der Waals surface area contributed by atoms with Crippen LogP contribution in [-0.2, 0) is 18.1 Å². The van der Waals surface area contributed by atoms with E-state index in [4.69, 9.17) is 16.1 Å². The number of hydrogen-bond acceptors (Lipinski definition) is 6. The largest absolute Gasteiger partial charge is 0.338 e. The Morgan fingerprint density at radius 2 is 1.80 bits per heavy atom. The molecule has 152 valence electrons. The summed E-state index contributed by atoms with van der Waals surface area (Å²) in [4.78, 5) is 31.8. The van der Waals surface area contributed by atoms with E-state index >= 15 is 0 Å². The minimum absolute atomic E-state index is 0.234. The molecule has 0 amide bonds. The third kappa shape index (κ3) is 4.90. The predicted molar refractivity (Wildman–Crippen MR) is 117 cm³/mol. The summed E-state index contributed by atoms with van der Waals surface area (Å²) in [6, 6.07) is 18.0. The quantitative estimate of drug-likeness (QED) is 0.470. The smallest absolute Gasteiger partial charge is 0.328 e. The average Bonchev–Trinajstić information content (AvgIpc) is 3.21. The Bertz CT molecular complexity index is 1220. The molecule has 9 heteroatoms. The molecule has 30 heavy (non-hydrogen) atoms. The van der Waals surface area contributed by atoms with Crippen molar-refractivity contribution >= 4 is 23.4 Å². The molecular weight excluding hydrogens is 424 g/mol. The molecule has 0 aliphatic rings. The van der Waals surface area contributed by atoms with Crippen molar-refractivity contribution < 1.29 is 4.52 Å². The van der Waals surface area contributed by atoms with E-state index < -0.39 is 5.69 Å². The number of H-pyrrole nitrogens is 1. The fourth-order valence-electron chi connectivity index (χ4n) is 2.84. The maximum absolute atomic E-state index is 12.4. The number of nitrogens with one attached hydrogen (secondary N) is 1. The zero-order valence-corrected chi connectivity index (χ0v) is 17.3. The van der Waals surface area contributed by atoms with Crippen LogP contribution in [0.3, 0.4) is 0 Å². The zero-order chi connectivity index (χ0) is 20.9. The van der Waals surface area contributed by atoms with Gasteiger partial charge in [0, 0.05) is 28.1 Å². The Kier molecular flexibility index (Phi) is 6.15. The van der Waals surface area contributed by atoms with E-state index in [0.717, 1.165) is 11.1 Å². The number of nitrogens with zero attached hydrogens (tertiary/aromatic N) is 3. The highest BCUT2D eigenvalue weighted by atomic mass is 35.5. The number of benzene rings is 2. The van der Waals surface area contributed by atoms with Gasteiger partial charge in [-0.25, -0.2) is 4.79 Å². The van der Waals surface area contributed by atoms with Gasteiger partial charge in [0.1, 0.15) is 0 Å². The lowest BCUT2D eigenvalue weighted by molar-refractivity contribution is 0.391. The Hall–Kier alpha value is -3.10. The molecule has 0 saturated heterocycles. The van der Waals surface area contributed by atoms with Crippen molar-refractivity contribution in [3.8, 4) is 11.4 Å². The fourth-order valence-corrected chi connectivity index (χ4v) is 3.73. The van der Waals surface area contributed by atoms with Gasteiger partial charge in [-0.1, -0.05) is 47.1 Å². The molecule has 0 saturated carbocycles. The maximum Gasteiger partial charge on any atom is 0.328 e. The fraction of sp³-hybridized carbons (Fsp3) is 0.143. The maximum atomic E-state index is 12.4. The van der Waals surface area contributed by atoms with Crippen molar-refractivity contribution in [3.05, 3.63) is 104 Å². The Morgan fingerprint density at radius 3 is 2.53 bits per heavy atom. The highest BCUT2D eigenvalue weighted by Gasteiger charge is 2.10. The second kappa shape index (κ2) is 9.15. The number of aromatic amines is 1. The minimum atomic E-state index is -0.426. The van der Waals surface area contributed by atoms with Gasteiger partial charge in [0.05, 0.1) is 12.3 Å². The van der Waals surface area contributed by atoms with Gasteiger partial charge in [0.25, 0.3) is 5.56 Å². The molecule has 2 aromatic carbocycles. The summed E-state index contributed by atoms with van der Waals surface area (Å²) >= 11 is 7.35. The third-order valence-corrected chi connectivity index (χ3v) is 5.53. The topological polar surface area (TPSA) is 93.8 Å². The molecule has 1 N–H and O–H groups in total. The summed E-state index contributed by atoms with van der Waals surface area (Å²) in [6.45, 7) is 0.234. The van der Waals surface area contributed by atoms with Crippen molar-refractivity contribution in [2.75, 3.05) is 0 Å².